The fourth-order valence-corrected chi connectivity index (χ4v) is 3.43. The third kappa shape index (κ3) is 2.63. The summed E-state index contributed by atoms with van der Waals surface area (Å²) in [6.45, 7) is 3.13. The molecular formula is C11H17N3O3S. The molecule has 0 saturated carbocycles. The minimum absolute atomic E-state index is 0.168. The monoisotopic (exact) mass is 271 g/mol. The van der Waals surface area contributed by atoms with Crippen LogP contribution < -0.4 is 5.32 Å². The summed E-state index contributed by atoms with van der Waals surface area (Å²) in [5.41, 5.74) is 0. The van der Waals surface area contributed by atoms with Gasteiger partial charge >= 0.3 is 0 Å². The van der Waals surface area contributed by atoms with Gasteiger partial charge in [-0.1, -0.05) is 0 Å². The zero-order valence-electron chi connectivity index (χ0n) is 10.2. The van der Waals surface area contributed by atoms with Crippen LogP contribution in [0.2, 0.25) is 0 Å². The molecule has 1 aromatic rings. The minimum Gasteiger partial charge on any atom is -0.392 e. The molecule has 18 heavy (non-hydrogen) atoms. The third-order valence-electron chi connectivity index (χ3n) is 2.85. The van der Waals surface area contributed by atoms with Crippen molar-refractivity contribution in [3.05, 3.63) is 18.3 Å². The fraction of sp³-hybridized carbons (Fsp3) is 0.545. The lowest BCUT2D eigenvalue weighted by atomic mass is 10.3. The number of rotatable bonds is 4. The van der Waals surface area contributed by atoms with Crippen LogP contribution >= 0.6 is 0 Å². The van der Waals surface area contributed by atoms with Crippen molar-refractivity contribution < 1.29 is 13.5 Å². The van der Waals surface area contributed by atoms with Crippen LogP contribution in [0.15, 0.2) is 23.2 Å². The summed E-state index contributed by atoms with van der Waals surface area (Å²) in [5.74, 6) is 0.540. The summed E-state index contributed by atoms with van der Waals surface area (Å²) in [6, 6.07) is 2.99. The van der Waals surface area contributed by atoms with Gasteiger partial charge in [0.2, 0.25) is 10.0 Å². The van der Waals surface area contributed by atoms with Crippen LogP contribution in [0, 0.1) is 0 Å². The standard InChI is InChI=1S/C11H17N3O3S/c1-2-12-11-7-10(3-5-13-11)18(16,17)14-6-4-9(15)8-14/h3,5,7,9,15H,2,4,6,8H2,1H3,(H,12,13). The van der Waals surface area contributed by atoms with E-state index in [4.69, 9.17) is 0 Å². The molecule has 0 amide bonds. The number of aliphatic hydroxyl groups is 1. The molecular weight excluding hydrogens is 254 g/mol. The number of nitrogens with zero attached hydrogens (tertiary/aromatic N) is 2. The number of hydrogen-bond acceptors (Lipinski definition) is 5. The first-order valence-corrected chi connectivity index (χ1v) is 7.36. The molecule has 0 aliphatic carbocycles. The summed E-state index contributed by atoms with van der Waals surface area (Å²) in [5, 5.41) is 12.4. The largest absolute Gasteiger partial charge is 0.392 e. The van der Waals surface area contributed by atoms with Gasteiger partial charge in [0.1, 0.15) is 5.82 Å². The van der Waals surface area contributed by atoms with Crippen molar-refractivity contribution in [2.45, 2.75) is 24.3 Å². The molecule has 2 N–H and O–H groups in total. The van der Waals surface area contributed by atoms with E-state index in [2.05, 4.69) is 10.3 Å². The van der Waals surface area contributed by atoms with Crippen molar-refractivity contribution in [1.29, 1.82) is 0 Å². The van der Waals surface area contributed by atoms with Gasteiger partial charge in [0.05, 0.1) is 11.0 Å². The Morgan fingerprint density at radius 1 is 1.61 bits per heavy atom. The van der Waals surface area contributed by atoms with E-state index in [1.807, 2.05) is 6.92 Å². The van der Waals surface area contributed by atoms with Gasteiger partial charge in [-0.15, -0.1) is 0 Å². The van der Waals surface area contributed by atoms with Gasteiger partial charge in [0, 0.05) is 31.9 Å². The molecule has 1 aliphatic rings. The van der Waals surface area contributed by atoms with Crippen LogP contribution in [0.25, 0.3) is 0 Å². The second-order valence-corrected chi connectivity index (χ2v) is 6.15. The van der Waals surface area contributed by atoms with Crippen LogP contribution in [0.5, 0.6) is 0 Å². The fourth-order valence-electron chi connectivity index (χ4n) is 1.93. The van der Waals surface area contributed by atoms with Gasteiger partial charge in [0.25, 0.3) is 0 Å². The smallest absolute Gasteiger partial charge is 0.243 e. The van der Waals surface area contributed by atoms with Crippen molar-refractivity contribution in [3.63, 3.8) is 0 Å². The number of anilines is 1. The molecule has 1 aromatic heterocycles. The second-order valence-electron chi connectivity index (χ2n) is 4.21. The highest BCUT2D eigenvalue weighted by atomic mass is 32.2. The van der Waals surface area contributed by atoms with E-state index in [-0.39, 0.29) is 11.4 Å². The summed E-state index contributed by atoms with van der Waals surface area (Å²) < 4.78 is 25.9. The Labute approximate surface area is 107 Å². The Balaban J connectivity index is 2.26. The highest BCUT2D eigenvalue weighted by Gasteiger charge is 2.31. The molecule has 0 spiro atoms. The highest BCUT2D eigenvalue weighted by molar-refractivity contribution is 7.89. The van der Waals surface area contributed by atoms with Crippen molar-refractivity contribution >= 4 is 15.8 Å². The summed E-state index contributed by atoms with van der Waals surface area (Å²) in [4.78, 5) is 4.25. The van der Waals surface area contributed by atoms with Crippen molar-refractivity contribution in [3.8, 4) is 0 Å². The van der Waals surface area contributed by atoms with Crippen molar-refractivity contribution in [2.24, 2.45) is 0 Å². The maximum atomic E-state index is 12.3. The highest BCUT2D eigenvalue weighted by Crippen LogP contribution is 2.22. The Morgan fingerprint density at radius 3 is 3.00 bits per heavy atom. The van der Waals surface area contributed by atoms with Crippen molar-refractivity contribution in [2.75, 3.05) is 25.0 Å². The maximum Gasteiger partial charge on any atom is 0.243 e. The molecule has 7 heteroatoms. The van der Waals surface area contributed by atoms with E-state index >= 15 is 0 Å². The molecule has 1 fully saturated rings. The molecule has 6 nitrogen and oxygen atoms in total. The zero-order chi connectivity index (χ0) is 13.2. The van der Waals surface area contributed by atoms with Crippen LogP contribution in [-0.2, 0) is 10.0 Å². The molecule has 1 unspecified atom stereocenters. The van der Waals surface area contributed by atoms with E-state index in [1.165, 1.54) is 22.6 Å². The Morgan fingerprint density at radius 2 is 2.39 bits per heavy atom. The van der Waals surface area contributed by atoms with E-state index in [9.17, 15) is 13.5 Å². The Kier molecular flexibility index (Phi) is 3.84. The van der Waals surface area contributed by atoms with Crippen LogP contribution in [0.3, 0.4) is 0 Å². The first kappa shape index (κ1) is 13.3. The number of β-amino-alcohol motifs (C(OH)–C–C–N with tert-alkyl or cyclic N) is 1. The lowest BCUT2D eigenvalue weighted by Crippen LogP contribution is -2.29. The predicted octanol–water partition coefficient (Wildman–Crippen LogP) is 0.269. The van der Waals surface area contributed by atoms with E-state index in [0.29, 0.717) is 25.3 Å². The predicted molar refractivity (Wildman–Crippen MR) is 67.8 cm³/mol. The molecule has 1 saturated heterocycles. The first-order valence-electron chi connectivity index (χ1n) is 5.92. The van der Waals surface area contributed by atoms with E-state index < -0.39 is 16.1 Å². The molecule has 1 aliphatic heterocycles. The first-order chi connectivity index (χ1) is 8.54. The normalized spacial score (nSPS) is 21.1. The lowest BCUT2D eigenvalue weighted by Gasteiger charge is -2.16. The van der Waals surface area contributed by atoms with E-state index in [0.717, 1.165) is 0 Å². The van der Waals surface area contributed by atoms with Crippen molar-refractivity contribution in [1.82, 2.24) is 9.29 Å². The SMILES string of the molecule is CCNc1cc(S(=O)(=O)N2CCC(O)C2)ccn1. The number of pyridine rings is 1. The maximum absolute atomic E-state index is 12.3. The van der Waals surface area contributed by atoms with Crippen LogP contribution in [0.1, 0.15) is 13.3 Å². The number of aliphatic hydroxyl groups excluding tert-OH is 1. The Bertz CT molecular complexity index is 518. The number of sulfonamides is 1. The average Bonchev–Trinajstić information content (AvgIpc) is 2.77. The quantitative estimate of drug-likeness (QED) is 0.821. The number of nitrogens with one attached hydrogen (secondary N) is 1. The Hall–Kier alpha value is -1.18. The molecule has 0 bridgehead atoms. The minimum atomic E-state index is -3.52. The topological polar surface area (TPSA) is 82.5 Å². The third-order valence-corrected chi connectivity index (χ3v) is 4.71. The van der Waals surface area contributed by atoms with Gasteiger partial charge in [-0.25, -0.2) is 13.4 Å². The van der Waals surface area contributed by atoms with E-state index in [1.54, 1.807) is 0 Å². The van der Waals surface area contributed by atoms with Gasteiger partial charge < -0.3 is 10.4 Å². The van der Waals surface area contributed by atoms with Gasteiger partial charge in [-0.3, -0.25) is 0 Å². The summed E-state index contributed by atoms with van der Waals surface area (Å²) in [7, 11) is -3.52. The van der Waals surface area contributed by atoms with Crippen LogP contribution in [0.4, 0.5) is 5.82 Å². The molecule has 2 heterocycles. The molecule has 0 aromatic carbocycles. The number of hydrogen-bond donors (Lipinski definition) is 2. The summed E-state index contributed by atoms with van der Waals surface area (Å²) in [6.07, 6.45) is 1.40. The van der Waals surface area contributed by atoms with Gasteiger partial charge in [-0.2, -0.15) is 4.31 Å². The molecule has 2 rings (SSSR count). The van der Waals surface area contributed by atoms with Gasteiger partial charge in [-0.05, 0) is 19.4 Å². The lowest BCUT2D eigenvalue weighted by molar-refractivity contribution is 0.189. The van der Waals surface area contributed by atoms with Gasteiger partial charge in [0.15, 0.2) is 0 Å². The number of aromatic nitrogens is 1. The van der Waals surface area contributed by atoms with Crippen LogP contribution in [-0.4, -0.2) is 48.6 Å². The molecule has 100 valence electrons. The molecule has 1 atom stereocenters. The summed E-state index contributed by atoms with van der Waals surface area (Å²) >= 11 is 0. The average molecular weight is 271 g/mol. The zero-order valence-corrected chi connectivity index (χ0v) is 11.0. The second kappa shape index (κ2) is 5.21. The molecule has 0 radical (unpaired) electrons.